The first kappa shape index (κ1) is 14.5. The largest absolute Gasteiger partial charge is 0.454 e. The summed E-state index contributed by atoms with van der Waals surface area (Å²) in [7, 11) is 0. The summed E-state index contributed by atoms with van der Waals surface area (Å²) in [4.78, 5) is 24.3. The zero-order valence-corrected chi connectivity index (χ0v) is 13.3. The molecule has 0 unspecified atom stereocenters. The topological polar surface area (TPSA) is 64.6 Å². The second-order valence-electron chi connectivity index (χ2n) is 6.99. The van der Waals surface area contributed by atoms with E-state index < -0.39 is 0 Å². The normalized spacial score (nSPS) is 27.3. The molecule has 2 fully saturated rings. The predicted octanol–water partition coefficient (Wildman–Crippen LogP) is 3.38. The van der Waals surface area contributed by atoms with Crippen molar-refractivity contribution in [2.45, 2.75) is 39.0 Å². The highest BCUT2D eigenvalue weighted by Gasteiger charge is 2.40. The van der Waals surface area contributed by atoms with Gasteiger partial charge < -0.3 is 14.8 Å². The van der Waals surface area contributed by atoms with Crippen molar-refractivity contribution in [3.63, 3.8) is 0 Å². The number of anilines is 1. The van der Waals surface area contributed by atoms with Crippen LogP contribution in [0.25, 0.3) is 0 Å². The van der Waals surface area contributed by atoms with Crippen LogP contribution in [-0.2, 0) is 4.79 Å². The lowest BCUT2D eigenvalue weighted by atomic mass is 9.86. The van der Waals surface area contributed by atoms with E-state index in [4.69, 9.17) is 9.47 Å². The van der Waals surface area contributed by atoms with E-state index in [2.05, 4.69) is 5.32 Å². The molecule has 1 amide bonds. The third-order valence-corrected chi connectivity index (χ3v) is 5.50. The minimum absolute atomic E-state index is 0.0103. The van der Waals surface area contributed by atoms with Crippen LogP contribution in [0.1, 0.15) is 49.4 Å². The van der Waals surface area contributed by atoms with Crippen LogP contribution < -0.4 is 14.8 Å². The number of hydrogen-bond acceptors (Lipinski definition) is 4. The first-order chi connectivity index (χ1) is 11.1. The van der Waals surface area contributed by atoms with Crippen LogP contribution in [0.15, 0.2) is 12.1 Å². The summed E-state index contributed by atoms with van der Waals surface area (Å²) in [5.41, 5.74) is 0.991. The number of hydrogen-bond donors (Lipinski definition) is 1. The SMILES string of the molecule is CC(=O)c1cc2c(cc1NC(=O)C[C@@H]1C[C@H]3CC[C@H]1C3)OCO2. The second kappa shape index (κ2) is 5.55. The Balaban J connectivity index is 1.49. The van der Waals surface area contributed by atoms with Crippen molar-refractivity contribution >= 4 is 17.4 Å². The first-order valence-corrected chi connectivity index (χ1v) is 8.34. The van der Waals surface area contributed by atoms with E-state index in [9.17, 15) is 9.59 Å². The highest BCUT2D eigenvalue weighted by molar-refractivity contribution is 6.04. The fraction of sp³-hybridized carbons (Fsp3) is 0.556. The number of ketones is 1. The zero-order valence-electron chi connectivity index (χ0n) is 13.3. The van der Waals surface area contributed by atoms with Gasteiger partial charge in [0.15, 0.2) is 17.3 Å². The molecule has 1 aliphatic heterocycles. The van der Waals surface area contributed by atoms with Gasteiger partial charge in [-0.25, -0.2) is 0 Å². The molecule has 0 radical (unpaired) electrons. The molecule has 4 rings (SSSR count). The van der Waals surface area contributed by atoms with Gasteiger partial charge in [0, 0.05) is 18.1 Å². The maximum atomic E-state index is 12.4. The molecular formula is C18H21NO4. The molecule has 2 saturated carbocycles. The van der Waals surface area contributed by atoms with E-state index in [0.29, 0.717) is 35.1 Å². The van der Waals surface area contributed by atoms with E-state index in [-0.39, 0.29) is 18.5 Å². The van der Waals surface area contributed by atoms with Crippen molar-refractivity contribution < 1.29 is 19.1 Å². The monoisotopic (exact) mass is 315 g/mol. The number of benzene rings is 1. The molecule has 1 N–H and O–H groups in total. The Bertz CT molecular complexity index is 669. The summed E-state index contributed by atoms with van der Waals surface area (Å²) in [5, 5.41) is 2.91. The molecule has 0 aromatic heterocycles. The molecular weight excluding hydrogens is 294 g/mol. The minimum atomic E-state index is -0.0986. The van der Waals surface area contributed by atoms with Gasteiger partial charge in [0.25, 0.3) is 0 Å². The van der Waals surface area contributed by atoms with Crippen molar-refractivity contribution in [3.8, 4) is 11.5 Å². The Morgan fingerprint density at radius 3 is 2.61 bits per heavy atom. The third kappa shape index (κ3) is 2.69. The summed E-state index contributed by atoms with van der Waals surface area (Å²) in [6, 6.07) is 3.34. The lowest BCUT2D eigenvalue weighted by Gasteiger charge is -2.21. The fourth-order valence-corrected chi connectivity index (χ4v) is 4.40. The molecule has 0 saturated heterocycles. The Hall–Kier alpha value is -2.04. The summed E-state index contributed by atoms with van der Waals surface area (Å²) >= 11 is 0. The average molecular weight is 315 g/mol. The lowest BCUT2D eigenvalue weighted by molar-refractivity contribution is -0.117. The van der Waals surface area contributed by atoms with Gasteiger partial charge in [-0.1, -0.05) is 6.42 Å². The van der Waals surface area contributed by atoms with E-state index in [1.807, 2.05) is 0 Å². The number of carbonyl (C=O) groups excluding carboxylic acids is 2. The van der Waals surface area contributed by atoms with Crippen LogP contribution in [0, 0.1) is 17.8 Å². The van der Waals surface area contributed by atoms with Crippen LogP contribution in [0.2, 0.25) is 0 Å². The van der Waals surface area contributed by atoms with E-state index in [0.717, 1.165) is 11.8 Å². The van der Waals surface area contributed by atoms with Gasteiger partial charge >= 0.3 is 0 Å². The Morgan fingerprint density at radius 1 is 1.17 bits per heavy atom. The summed E-state index contributed by atoms with van der Waals surface area (Å²) in [5.74, 6) is 3.07. The van der Waals surface area contributed by atoms with Crippen molar-refractivity contribution in [1.29, 1.82) is 0 Å². The molecule has 0 spiro atoms. The van der Waals surface area contributed by atoms with Crippen LogP contribution in [0.5, 0.6) is 11.5 Å². The first-order valence-electron chi connectivity index (χ1n) is 8.34. The van der Waals surface area contributed by atoms with Crippen molar-refractivity contribution in [1.82, 2.24) is 0 Å². The zero-order chi connectivity index (χ0) is 16.0. The highest BCUT2D eigenvalue weighted by atomic mass is 16.7. The quantitative estimate of drug-likeness (QED) is 0.865. The highest BCUT2D eigenvalue weighted by Crippen LogP contribution is 2.49. The van der Waals surface area contributed by atoms with E-state index in [1.165, 1.54) is 32.6 Å². The Labute approximate surface area is 135 Å². The Morgan fingerprint density at radius 2 is 1.96 bits per heavy atom. The number of nitrogens with one attached hydrogen (secondary N) is 1. The van der Waals surface area contributed by atoms with Gasteiger partial charge in [-0.15, -0.1) is 0 Å². The van der Waals surface area contributed by atoms with Crippen LogP contribution in [0.4, 0.5) is 5.69 Å². The summed E-state index contributed by atoms with van der Waals surface area (Å²) < 4.78 is 10.6. The van der Waals surface area contributed by atoms with Gasteiger partial charge in [-0.2, -0.15) is 0 Å². The number of rotatable bonds is 4. The van der Waals surface area contributed by atoms with Crippen LogP contribution in [-0.4, -0.2) is 18.5 Å². The van der Waals surface area contributed by atoms with Gasteiger partial charge in [0.2, 0.25) is 12.7 Å². The molecule has 3 atom stereocenters. The molecule has 2 bridgehead atoms. The Kier molecular flexibility index (Phi) is 3.51. The predicted molar refractivity (Wildman–Crippen MR) is 84.8 cm³/mol. The lowest BCUT2D eigenvalue weighted by Crippen LogP contribution is -2.21. The van der Waals surface area contributed by atoms with Gasteiger partial charge in [-0.3, -0.25) is 9.59 Å². The number of Topliss-reactive ketones (excluding diaryl/α,β-unsaturated/α-hetero) is 1. The minimum Gasteiger partial charge on any atom is -0.454 e. The molecule has 122 valence electrons. The number of amides is 1. The number of fused-ring (bicyclic) bond motifs is 3. The summed E-state index contributed by atoms with van der Waals surface area (Å²) in [6.45, 7) is 1.64. The van der Waals surface area contributed by atoms with Crippen molar-refractivity contribution in [2.24, 2.45) is 17.8 Å². The molecule has 23 heavy (non-hydrogen) atoms. The molecule has 1 heterocycles. The molecule has 1 aromatic carbocycles. The average Bonchev–Trinajstić information content (AvgIpc) is 3.21. The third-order valence-electron chi connectivity index (χ3n) is 5.50. The summed E-state index contributed by atoms with van der Waals surface area (Å²) in [6.07, 6.45) is 5.62. The van der Waals surface area contributed by atoms with Gasteiger partial charge in [0.1, 0.15) is 0 Å². The fourth-order valence-electron chi connectivity index (χ4n) is 4.40. The van der Waals surface area contributed by atoms with Crippen molar-refractivity contribution in [3.05, 3.63) is 17.7 Å². The van der Waals surface area contributed by atoms with Crippen LogP contribution >= 0.6 is 0 Å². The number of carbonyl (C=O) groups is 2. The maximum absolute atomic E-state index is 12.4. The molecule has 3 aliphatic rings. The standard InChI is InChI=1S/C18H21NO4/c1-10(20)14-7-16-17(23-9-22-16)8-15(14)19-18(21)6-13-5-11-2-3-12(13)4-11/h7-8,11-13H,2-6,9H2,1H3,(H,19,21)/t11-,12-,13-/m0/s1. The smallest absolute Gasteiger partial charge is 0.231 e. The van der Waals surface area contributed by atoms with Gasteiger partial charge in [-0.05, 0) is 50.0 Å². The second-order valence-corrected chi connectivity index (χ2v) is 6.99. The van der Waals surface area contributed by atoms with Crippen LogP contribution in [0.3, 0.4) is 0 Å². The maximum Gasteiger partial charge on any atom is 0.231 e. The van der Waals surface area contributed by atoms with Gasteiger partial charge in [0.05, 0.1) is 5.69 Å². The van der Waals surface area contributed by atoms with E-state index >= 15 is 0 Å². The molecule has 5 heteroatoms. The van der Waals surface area contributed by atoms with E-state index in [1.54, 1.807) is 12.1 Å². The molecule has 1 aromatic rings. The molecule has 5 nitrogen and oxygen atoms in total. The number of ether oxygens (including phenoxy) is 2. The molecule has 2 aliphatic carbocycles. The van der Waals surface area contributed by atoms with Crippen molar-refractivity contribution in [2.75, 3.05) is 12.1 Å².